The van der Waals surface area contributed by atoms with Gasteiger partial charge >= 0.3 is 12.4 Å². The molecule has 0 heterocycles. The Hall–Kier alpha value is -2.42. The van der Waals surface area contributed by atoms with Crippen LogP contribution in [0.2, 0.25) is 0 Å². The van der Waals surface area contributed by atoms with E-state index >= 15 is 0 Å². The molecule has 0 aliphatic carbocycles. The Kier molecular flexibility index (Phi) is 9.05. The van der Waals surface area contributed by atoms with E-state index in [4.69, 9.17) is 14.2 Å². The Morgan fingerprint density at radius 1 is 0.818 bits per heavy atom. The summed E-state index contributed by atoms with van der Waals surface area (Å²) in [6.45, 7) is 7.57. The lowest BCUT2D eigenvalue weighted by Crippen LogP contribution is -2.20. The molecule has 0 bridgehead atoms. The maximum atomic E-state index is 12.9. The van der Waals surface area contributed by atoms with E-state index in [0.29, 0.717) is 23.8 Å². The first kappa shape index (κ1) is 26.8. The van der Waals surface area contributed by atoms with Gasteiger partial charge < -0.3 is 14.2 Å². The fourth-order valence-corrected chi connectivity index (χ4v) is 3.13. The minimum absolute atomic E-state index is 0.0527. The molecule has 9 heteroatoms. The molecule has 0 aliphatic heterocycles. The van der Waals surface area contributed by atoms with E-state index in [-0.39, 0.29) is 19.3 Å². The molecular weight excluding hydrogens is 450 g/mol. The van der Waals surface area contributed by atoms with Gasteiger partial charge in [0.1, 0.15) is 18.1 Å². The molecule has 2 atom stereocenters. The molecule has 0 saturated heterocycles. The topological polar surface area (TPSA) is 27.7 Å². The summed E-state index contributed by atoms with van der Waals surface area (Å²) in [6.07, 6.45) is -8.79. The number of hydrogen-bond donors (Lipinski definition) is 0. The van der Waals surface area contributed by atoms with Gasteiger partial charge in [-0.05, 0) is 61.1 Å². The summed E-state index contributed by atoms with van der Waals surface area (Å²) in [5.41, 5.74) is -0.637. The van der Waals surface area contributed by atoms with Gasteiger partial charge in [-0.15, -0.1) is 0 Å². The van der Waals surface area contributed by atoms with Crippen LogP contribution in [-0.2, 0) is 23.5 Å². The predicted molar refractivity (Wildman–Crippen MR) is 113 cm³/mol. The summed E-state index contributed by atoms with van der Waals surface area (Å²) in [5, 5.41) is 0. The monoisotopic (exact) mass is 478 g/mol. The van der Waals surface area contributed by atoms with Gasteiger partial charge in [-0.3, -0.25) is 0 Å². The highest BCUT2D eigenvalue weighted by molar-refractivity contribution is 5.39. The van der Waals surface area contributed by atoms with Gasteiger partial charge in [-0.25, -0.2) is 0 Å². The fourth-order valence-electron chi connectivity index (χ4n) is 3.13. The van der Waals surface area contributed by atoms with Crippen molar-refractivity contribution >= 4 is 0 Å². The van der Waals surface area contributed by atoms with Crippen molar-refractivity contribution < 1.29 is 40.6 Å². The summed E-state index contributed by atoms with van der Waals surface area (Å²) in [7, 11) is 0. The van der Waals surface area contributed by atoms with Crippen molar-refractivity contribution in [3.63, 3.8) is 0 Å². The van der Waals surface area contributed by atoms with Crippen LogP contribution in [0.4, 0.5) is 26.3 Å². The molecule has 0 radical (unpaired) electrons. The van der Waals surface area contributed by atoms with E-state index in [1.165, 1.54) is 5.56 Å². The summed E-state index contributed by atoms with van der Waals surface area (Å²) in [6, 6.07) is 7.06. The maximum absolute atomic E-state index is 12.9. The van der Waals surface area contributed by atoms with Crippen molar-refractivity contribution in [2.24, 2.45) is 0 Å². The quantitative estimate of drug-likeness (QED) is 0.200. The lowest BCUT2D eigenvalue weighted by atomic mass is 9.96. The Morgan fingerprint density at radius 3 is 1.94 bits per heavy atom. The van der Waals surface area contributed by atoms with Crippen LogP contribution in [0.5, 0.6) is 11.5 Å². The molecular formula is C24H28F6O3. The second-order valence-electron chi connectivity index (χ2n) is 7.68. The number of benzene rings is 2. The van der Waals surface area contributed by atoms with Gasteiger partial charge in [0, 0.05) is 0 Å². The Morgan fingerprint density at radius 2 is 1.42 bits per heavy atom. The zero-order chi connectivity index (χ0) is 24.8. The lowest BCUT2D eigenvalue weighted by Gasteiger charge is -2.20. The highest BCUT2D eigenvalue weighted by Gasteiger charge is 2.37. The van der Waals surface area contributed by atoms with E-state index in [1.54, 1.807) is 6.92 Å². The van der Waals surface area contributed by atoms with Crippen LogP contribution in [0.1, 0.15) is 62.3 Å². The number of aryl methyl sites for hydroxylation is 1. The second kappa shape index (κ2) is 11.1. The van der Waals surface area contributed by atoms with E-state index < -0.39 is 35.5 Å². The van der Waals surface area contributed by atoms with Gasteiger partial charge in [0.15, 0.2) is 6.29 Å². The molecule has 0 aliphatic rings. The van der Waals surface area contributed by atoms with Gasteiger partial charge in [0.05, 0.1) is 17.7 Å². The third-order valence-corrected chi connectivity index (χ3v) is 5.21. The highest BCUT2D eigenvalue weighted by Crippen LogP contribution is 2.38. The van der Waals surface area contributed by atoms with Crippen LogP contribution in [-0.4, -0.2) is 19.5 Å². The third-order valence-electron chi connectivity index (χ3n) is 5.21. The summed E-state index contributed by atoms with van der Waals surface area (Å²) in [4.78, 5) is 0. The summed E-state index contributed by atoms with van der Waals surface area (Å²) >= 11 is 0. The molecule has 0 amide bonds. The van der Waals surface area contributed by atoms with Crippen molar-refractivity contribution in [3.05, 3.63) is 58.7 Å². The number of alkyl halides is 6. The molecule has 0 saturated carbocycles. The predicted octanol–water partition coefficient (Wildman–Crippen LogP) is 7.62. The zero-order valence-electron chi connectivity index (χ0n) is 18.9. The smallest absolute Gasteiger partial charge is 0.416 e. The summed E-state index contributed by atoms with van der Waals surface area (Å²) < 4.78 is 93.9. The number of halogens is 6. The van der Waals surface area contributed by atoms with E-state index in [2.05, 4.69) is 19.9 Å². The first-order chi connectivity index (χ1) is 15.3. The molecule has 0 N–H and O–H groups in total. The third kappa shape index (κ3) is 7.84. The fraction of sp³-hybridized carbons (Fsp3) is 0.500. The molecule has 2 aromatic carbocycles. The average molecular weight is 478 g/mol. The molecule has 3 nitrogen and oxygen atoms in total. The largest absolute Gasteiger partial charge is 0.491 e. The number of rotatable bonds is 10. The number of hydrogen-bond acceptors (Lipinski definition) is 3. The SMILES string of the molecule is CCc1cc(C(C)CC)ccc1OC(C)OCCOc1cc(C(F)(F)F)cc(C(F)(F)F)c1. The van der Waals surface area contributed by atoms with Crippen LogP contribution in [0.25, 0.3) is 0 Å². The minimum Gasteiger partial charge on any atom is -0.491 e. The van der Waals surface area contributed by atoms with E-state index in [0.717, 1.165) is 18.4 Å². The lowest BCUT2D eigenvalue weighted by molar-refractivity contribution is -0.143. The standard InChI is InChI=1S/C24H28F6O3/c1-5-15(3)18-7-8-22(17(6-2)11-18)33-16(4)31-9-10-32-21-13-19(23(25,26)27)12-20(14-21)24(28,29)30/h7-8,11-16H,5-6,9-10H2,1-4H3. The van der Waals surface area contributed by atoms with E-state index in [1.807, 2.05) is 19.1 Å². The van der Waals surface area contributed by atoms with E-state index in [9.17, 15) is 26.3 Å². The van der Waals surface area contributed by atoms with Crippen molar-refractivity contribution in [3.8, 4) is 11.5 Å². The van der Waals surface area contributed by atoms with Crippen LogP contribution in [0.3, 0.4) is 0 Å². The Labute approximate surface area is 189 Å². The van der Waals surface area contributed by atoms with Crippen molar-refractivity contribution in [1.29, 1.82) is 0 Å². The van der Waals surface area contributed by atoms with Crippen LogP contribution in [0, 0.1) is 0 Å². The molecule has 33 heavy (non-hydrogen) atoms. The maximum Gasteiger partial charge on any atom is 0.416 e. The van der Waals surface area contributed by atoms with Crippen LogP contribution < -0.4 is 9.47 Å². The molecule has 2 unspecified atom stereocenters. The Balaban J connectivity index is 1.96. The molecule has 2 aromatic rings. The molecule has 0 fully saturated rings. The molecule has 0 spiro atoms. The molecule has 0 aromatic heterocycles. The van der Waals surface area contributed by atoms with Gasteiger partial charge in [0.2, 0.25) is 0 Å². The minimum atomic E-state index is -4.93. The summed E-state index contributed by atoms with van der Waals surface area (Å²) in [5.74, 6) is 0.540. The van der Waals surface area contributed by atoms with Crippen molar-refractivity contribution in [2.75, 3.05) is 13.2 Å². The first-order valence-electron chi connectivity index (χ1n) is 10.7. The zero-order valence-corrected chi connectivity index (χ0v) is 18.9. The molecule has 2 rings (SSSR count). The van der Waals surface area contributed by atoms with Gasteiger partial charge in [-0.1, -0.05) is 32.9 Å². The average Bonchev–Trinajstić information content (AvgIpc) is 2.75. The highest BCUT2D eigenvalue weighted by atomic mass is 19.4. The van der Waals surface area contributed by atoms with Crippen LogP contribution >= 0.6 is 0 Å². The molecule has 184 valence electrons. The number of ether oxygens (including phenoxy) is 3. The second-order valence-corrected chi connectivity index (χ2v) is 7.68. The normalized spacial score (nSPS) is 14.1. The first-order valence-corrected chi connectivity index (χ1v) is 10.7. The van der Waals surface area contributed by atoms with Crippen molar-refractivity contribution in [2.45, 2.75) is 65.1 Å². The van der Waals surface area contributed by atoms with Gasteiger partial charge in [-0.2, -0.15) is 26.3 Å². The van der Waals surface area contributed by atoms with Crippen LogP contribution in [0.15, 0.2) is 36.4 Å². The van der Waals surface area contributed by atoms with Crippen molar-refractivity contribution in [1.82, 2.24) is 0 Å². The Bertz CT molecular complexity index is 876. The van der Waals surface area contributed by atoms with Gasteiger partial charge in [0.25, 0.3) is 0 Å².